The molecule has 2 N–H and O–H groups in total. The Bertz CT molecular complexity index is 1070. The molecule has 0 atom stereocenters. The summed E-state index contributed by atoms with van der Waals surface area (Å²) >= 11 is 0. The standard InChI is InChI=1S/C21H22N2O3S/c1-15(2)13-16-7-10-18(11-8-16)27(25,26)23-22-14-20-19-6-4-3-5-17(19)9-12-21(20)24/h3-12,14-15,23-24H,13H2,1-2H3. The number of benzene rings is 3. The monoisotopic (exact) mass is 382 g/mol. The number of hydrogen-bond acceptors (Lipinski definition) is 4. The molecule has 0 amide bonds. The third-order valence-corrected chi connectivity index (χ3v) is 5.43. The first-order chi connectivity index (χ1) is 12.9. The number of hydrazone groups is 1. The average molecular weight is 382 g/mol. The summed E-state index contributed by atoms with van der Waals surface area (Å²) in [5.41, 5.74) is 1.55. The van der Waals surface area contributed by atoms with Gasteiger partial charge in [0.2, 0.25) is 0 Å². The van der Waals surface area contributed by atoms with Gasteiger partial charge in [-0.3, -0.25) is 0 Å². The molecule has 0 saturated carbocycles. The van der Waals surface area contributed by atoms with Gasteiger partial charge in [0.1, 0.15) is 5.75 Å². The number of fused-ring (bicyclic) bond motifs is 1. The molecule has 0 saturated heterocycles. The van der Waals surface area contributed by atoms with Crippen molar-refractivity contribution in [2.45, 2.75) is 25.2 Å². The highest BCUT2D eigenvalue weighted by atomic mass is 32.2. The normalized spacial score (nSPS) is 12.1. The highest BCUT2D eigenvalue weighted by Gasteiger charge is 2.13. The Balaban J connectivity index is 1.80. The summed E-state index contributed by atoms with van der Waals surface area (Å²) in [6.07, 6.45) is 2.22. The van der Waals surface area contributed by atoms with Gasteiger partial charge in [-0.25, -0.2) is 4.83 Å². The maximum Gasteiger partial charge on any atom is 0.276 e. The van der Waals surface area contributed by atoms with Crippen LogP contribution in [0.1, 0.15) is 25.0 Å². The third-order valence-electron chi connectivity index (χ3n) is 4.19. The van der Waals surface area contributed by atoms with Crippen LogP contribution in [0.5, 0.6) is 5.75 Å². The summed E-state index contributed by atoms with van der Waals surface area (Å²) in [7, 11) is -3.77. The van der Waals surface area contributed by atoms with E-state index in [1.807, 2.05) is 36.4 Å². The number of hydrogen-bond donors (Lipinski definition) is 2. The molecule has 3 aromatic rings. The Labute approximate surface area is 159 Å². The summed E-state index contributed by atoms with van der Waals surface area (Å²) < 4.78 is 24.8. The smallest absolute Gasteiger partial charge is 0.276 e. The van der Waals surface area contributed by atoms with Crippen LogP contribution in [-0.4, -0.2) is 19.7 Å². The van der Waals surface area contributed by atoms with Crippen molar-refractivity contribution in [2.75, 3.05) is 0 Å². The van der Waals surface area contributed by atoms with E-state index in [-0.39, 0.29) is 10.6 Å². The zero-order valence-electron chi connectivity index (χ0n) is 15.3. The van der Waals surface area contributed by atoms with E-state index in [1.54, 1.807) is 24.3 Å². The van der Waals surface area contributed by atoms with Crippen LogP contribution in [-0.2, 0) is 16.4 Å². The molecule has 140 valence electrons. The first-order valence-corrected chi connectivity index (χ1v) is 10.2. The molecule has 0 aromatic heterocycles. The van der Waals surface area contributed by atoms with Crippen molar-refractivity contribution in [1.29, 1.82) is 0 Å². The lowest BCUT2D eigenvalue weighted by Gasteiger charge is -2.07. The molecular weight excluding hydrogens is 360 g/mol. The molecule has 5 nitrogen and oxygen atoms in total. The average Bonchev–Trinajstić information content (AvgIpc) is 2.63. The zero-order chi connectivity index (χ0) is 19.4. The van der Waals surface area contributed by atoms with Crippen LogP contribution in [0.3, 0.4) is 0 Å². The molecule has 0 bridgehead atoms. The van der Waals surface area contributed by atoms with Crippen LogP contribution in [0.2, 0.25) is 0 Å². The second kappa shape index (κ2) is 7.80. The number of sulfonamides is 1. The van der Waals surface area contributed by atoms with E-state index in [4.69, 9.17) is 0 Å². The van der Waals surface area contributed by atoms with E-state index < -0.39 is 10.0 Å². The number of phenolic OH excluding ortho intramolecular Hbond substituents is 1. The summed E-state index contributed by atoms with van der Waals surface area (Å²) in [5, 5.41) is 15.7. The first kappa shape index (κ1) is 18.9. The lowest BCUT2D eigenvalue weighted by molar-refractivity contribution is 0.475. The van der Waals surface area contributed by atoms with E-state index in [0.717, 1.165) is 22.8 Å². The van der Waals surface area contributed by atoms with Gasteiger partial charge >= 0.3 is 0 Å². The highest BCUT2D eigenvalue weighted by molar-refractivity contribution is 7.89. The van der Waals surface area contributed by atoms with Crippen molar-refractivity contribution < 1.29 is 13.5 Å². The quantitative estimate of drug-likeness (QED) is 0.498. The zero-order valence-corrected chi connectivity index (χ0v) is 16.1. The van der Waals surface area contributed by atoms with Gasteiger partial charge < -0.3 is 5.11 Å². The largest absolute Gasteiger partial charge is 0.507 e. The van der Waals surface area contributed by atoms with E-state index in [9.17, 15) is 13.5 Å². The van der Waals surface area contributed by atoms with E-state index >= 15 is 0 Å². The van der Waals surface area contributed by atoms with Gasteiger partial charge in [0, 0.05) is 5.56 Å². The molecule has 6 heteroatoms. The molecule has 3 rings (SSSR count). The minimum Gasteiger partial charge on any atom is -0.507 e. The summed E-state index contributed by atoms with van der Waals surface area (Å²) in [4.78, 5) is 2.35. The number of aromatic hydroxyl groups is 1. The van der Waals surface area contributed by atoms with Crippen molar-refractivity contribution in [2.24, 2.45) is 11.0 Å². The first-order valence-electron chi connectivity index (χ1n) is 8.71. The number of nitrogens with one attached hydrogen (secondary N) is 1. The van der Waals surface area contributed by atoms with Gasteiger partial charge in [0.15, 0.2) is 0 Å². The van der Waals surface area contributed by atoms with E-state index in [0.29, 0.717) is 11.5 Å². The van der Waals surface area contributed by atoms with Gasteiger partial charge in [0.05, 0.1) is 11.1 Å². The maximum absolute atomic E-state index is 12.4. The van der Waals surface area contributed by atoms with Crippen molar-refractivity contribution in [3.8, 4) is 5.75 Å². The Hall–Kier alpha value is -2.86. The topological polar surface area (TPSA) is 78.8 Å². The fraction of sp³-hybridized carbons (Fsp3) is 0.190. The van der Waals surface area contributed by atoms with Crippen LogP contribution >= 0.6 is 0 Å². The SMILES string of the molecule is CC(C)Cc1ccc(S(=O)(=O)NN=Cc2c(O)ccc3ccccc23)cc1. The second-order valence-electron chi connectivity index (χ2n) is 6.81. The molecule has 0 aliphatic carbocycles. The minimum atomic E-state index is -3.77. The van der Waals surface area contributed by atoms with Crippen molar-refractivity contribution in [1.82, 2.24) is 4.83 Å². The van der Waals surface area contributed by atoms with Gasteiger partial charge in [-0.2, -0.15) is 13.5 Å². The second-order valence-corrected chi connectivity index (χ2v) is 8.48. The fourth-order valence-electron chi connectivity index (χ4n) is 2.91. The molecular formula is C21H22N2O3S. The lowest BCUT2D eigenvalue weighted by Crippen LogP contribution is -2.18. The predicted molar refractivity (Wildman–Crippen MR) is 109 cm³/mol. The Morgan fingerprint density at radius 1 is 1.04 bits per heavy atom. The van der Waals surface area contributed by atoms with E-state index in [2.05, 4.69) is 23.8 Å². The fourth-order valence-corrected chi connectivity index (χ4v) is 3.70. The highest BCUT2D eigenvalue weighted by Crippen LogP contribution is 2.25. The molecule has 0 radical (unpaired) electrons. The molecule has 0 spiro atoms. The van der Waals surface area contributed by atoms with Crippen molar-refractivity contribution in [3.05, 3.63) is 71.8 Å². The van der Waals surface area contributed by atoms with Gasteiger partial charge in [-0.05, 0) is 46.9 Å². The van der Waals surface area contributed by atoms with Crippen LogP contribution in [0.15, 0.2) is 70.7 Å². The Kier molecular flexibility index (Phi) is 5.46. The van der Waals surface area contributed by atoms with Gasteiger partial charge in [-0.1, -0.05) is 56.3 Å². The van der Waals surface area contributed by atoms with Crippen LogP contribution in [0, 0.1) is 5.92 Å². The lowest BCUT2D eigenvalue weighted by atomic mass is 10.0. The van der Waals surface area contributed by atoms with Crippen LogP contribution in [0.4, 0.5) is 0 Å². The van der Waals surface area contributed by atoms with Gasteiger partial charge in [0.25, 0.3) is 10.0 Å². The molecule has 3 aromatic carbocycles. The molecule has 27 heavy (non-hydrogen) atoms. The van der Waals surface area contributed by atoms with Crippen molar-refractivity contribution in [3.63, 3.8) is 0 Å². The summed E-state index contributed by atoms with van der Waals surface area (Å²) in [6, 6.07) is 17.6. The van der Waals surface area contributed by atoms with Crippen LogP contribution < -0.4 is 4.83 Å². The molecule has 0 heterocycles. The molecule has 0 aliphatic rings. The van der Waals surface area contributed by atoms with Gasteiger partial charge in [-0.15, -0.1) is 0 Å². The minimum absolute atomic E-state index is 0.0367. The predicted octanol–water partition coefficient (Wildman–Crippen LogP) is 4.06. The van der Waals surface area contributed by atoms with Crippen LogP contribution in [0.25, 0.3) is 10.8 Å². The molecule has 0 fully saturated rings. The Morgan fingerprint density at radius 2 is 1.74 bits per heavy atom. The number of phenols is 1. The Morgan fingerprint density at radius 3 is 2.44 bits per heavy atom. The number of nitrogens with zero attached hydrogens (tertiary/aromatic N) is 1. The summed E-state index contributed by atoms with van der Waals surface area (Å²) in [6.45, 7) is 4.23. The third kappa shape index (κ3) is 4.46. The molecule has 0 unspecified atom stereocenters. The van der Waals surface area contributed by atoms with Crippen molar-refractivity contribution >= 4 is 27.0 Å². The maximum atomic E-state index is 12.4. The molecule has 0 aliphatic heterocycles. The van der Waals surface area contributed by atoms with E-state index in [1.165, 1.54) is 6.21 Å². The summed E-state index contributed by atoms with van der Waals surface area (Å²) in [5.74, 6) is 0.540. The number of rotatable bonds is 6.